The normalized spacial score (nSPS) is 12.3. The molecule has 0 aliphatic rings. The lowest BCUT2D eigenvalue weighted by Gasteiger charge is -2.21. The molecule has 0 amide bonds. The zero-order valence-electron chi connectivity index (χ0n) is 12.6. The summed E-state index contributed by atoms with van der Waals surface area (Å²) in [5, 5.41) is 3.41. The second-order valence-electron chi connectivity index (χ2n) is 4.67. The van der Waals surface area contributed by atoms with Gasteiger partial charge in [0.05, 0.1) is 0 Å². The molecule has 2 aromatic rings. The van der Waals surface area contributed by atoms with Crippen LogP contribution < -0.4 is 10.6 Å². The molecule has 0 spiro atoms. The summed E-state index contributed by atoms with van der Waals surface area (Å²) in [6.07, 6.45) is 6.47. The summed E-state index contributed by atoms with van der Waals surface area (Å²) in [5.74, 6) is 0. The van der Waals surface area contributed by atoms with Crippen molar-refractivity contribution in [1.29, 1.82) is 0 Å². The van der Waals surface area contributed by atoms with E-state index in [1.165, 1.54) is 10.6 Å². The maximum absolute atomic E-state index is 11.5. The molecule has 1 nitrogen and oxygen atoms in total. The molecule has 2 rings (SSSR count). The van der Waals surface area contributed by atoms with E-state index in [4.69, 9.17) is 0 Å². The number of allylic oxidation sites excluding steroid dienone is 5. The van der Waals surface area contributed by atoms with E-state index in [0.717, 1.165) is 11.6 Å². The summed E-state index contributed by atoms with van der Waals surface area (Å²) in [6, 6.07) is 20.6. The monoisotopic (exact) mass is 306 g/mol. The number of benzene rings is 2. The summed E-state index contributed by atoms with van der Waals surface area (Å²) in [6.45, 7) is 5.86. The van der Waals surface area contributed by atoms with E-state index in [1.807, 2.05) is 61.5 Å². The Balaban J connectivity index is 2.68. The molecule has 0 aliphatic carbocycles. The molecule has 0 atom stereocenters. The number of carbonyl (C=O) groups is 1. The quantitative estimate of drug-likeness (QED) is 0.336. The smallest absolute Gasteiger partial charge is 0.150 e. The van der Waals surface area contributed by atoms with Crippen LogP contribution in [0.3, 0.4) is 0 Å². The fourth-order valence-electron chi connectivity index (χ4n) is 2.28. The molecular weight excluding hydrogens is 287 g/mol. The molecule has 0 heterocycles. The Bertz CT molecular complexity index is 645. The first-order chi connectivity index (χ1) is 10.8. The summed E-state index contributed by atoms with van der Waals surface area (Å²) >= 11 is 0. The van der Waals surface area contributed by atoms with Crippen molar-refractivity contribution in [2.24, 2.45) is 0 Å². The number of hydrogen-bond acceptors (Lipinski definition) is 1. The van der Waals surface area contributed by atoms with Crippen LogP contribution in [0, 0.1) is 0 Å². The minimum Gasteiger partial charge on any atom is -0.298 e. The minimum atomic E-state index is -0.792. The third-order valence-electron chi connectivity index (χ3n) is 3.23. The topological polar surface area (TPSA) is 17.1 Å². The van der Waals surface area contributed by atoms with Crippen molar-refractivity contribution in [2.75, 3.05) is 0 Å². The number of carbonyl (C=O) groups excluding carboxylic acids is 1. The molecule has 22 heavy (non-hydrogen) atoms. The average Bonchev–Trinajstić information content (AvgIpc) is 2.59. The SMILES string of the molecule is C=C/C(=C(C=O)\C=C/C)P(c1ccccc1)c1ccccc1. The lowest BCUT2D eigenvalue weighted by atomic mass is 10.2. The average molecular weight is 306 g/mol. The number of rotatable bonds is 6. The Kier molecular flexibility index (Phi) is 6.06. The molecule has 0 saturated carbocycles. The van der Waals surface area contributed by atoms with Gasteiger partial charge in [0, 0.05) is 5.57 Å². The zero-order chi connectivity index (χ0) is 15.8. The van der Waals surface area contributed by atoms with Gasteiger partial charge >= 0.3 is 0 Å². The Morgan fingerprint density at radius 2 is 1.45 bits per heavy atom. The molecule has 0 fully saturated rings. The Morgan fingerprint density at radius 3 is 1.82 bits per heavy atom. The van der Waals surface area contributed by atoms with E-state index in [0.29, 0.717) is 5.57 Å². The predicted molar refractivity (Wildman–Crippen MR) is 97.2 cm³/mol. The third kappa shape index (κ3) is 3.69. The molecule has 110 valence electrons. The maximum Gasteiger partial charge on any atom is 0.150 e. The van der Waals surface area contributed by atoms with E-state index in [1.54, 1.807) is 0 Å². The zero-order valence-corrected chi connectivity index (χ0v) is 13.5. The number of aldehydes is 1. The molecule has 0 radical (unpaired) electrons. The van der Waals surface area contributed by atoms with E-state index < -0.39 is 7.92 Å². The minimum absolute atomic E-state index is 0.691. The van der Waals surface area contributed by atoms with Gasteiger partial charge in [-0.05, 0) is 30.8 Å². The van der Waals surface area contributed by atoms with E-state index in [-0.39, 0.29) is 0 Å². The van der Waals surface area contributed by atoms with Crippen LogP contribution in [0.25, 0.3) is 0 Å². The summed E-state index contributed by atoms with van der Waals surface area (Å²) in [5.41, 5.74) is 0.691. The van der Waals surface area contributed by atoms with Gasteiger partial charge in [0.2, 0.25) is 0 Å². The second kappa shape index (κ2) is 8.26. The van der Waals surface area contributed by atoms with Crippen molar-refractivity contribution < 1.29 is 4.79 Å². The summed E-state index contributed by atoms with van der Waals surface area (Å²) in [4.78, 5) is 11.5. The third-order valence-corrected chi connectivity index (χ3v) is 5.78. The Hall–Kier alpha value is -2.24. The van der Waals surface area contributed by atoms with Gasteiger partial charge in [-0.2, -0.15) is 0 Å². The molecule has 0 aromatic heterocycles. The molecular formula is C20H19OP. The van der Waals surface area contributed by atoms with Crippen molar-refractivity contribution in [2.45, 2.75) is 6.92 Å². The molecule has 0 saturated heterocycles. The van der Waals surface area contributed by atoms with E-state index in [2.05, 4.69) is 30.8 Å². The molecule has 2 heteroatoms. The molecule has 0 aliphatic heterocycles. The molecule has 0 unspecified atom stereocenters. The van der Waals surface area contributed by atoms with Crippen LogP contribution in [-0.4, -0.2) is 6.29 Å². The van der Waals surface area contributed by atoms with Gasteiger partial charge < -0.3 is 0 Å². The van der Waals surface area contributed by atoms with Crippen molar-refractivity contribution in [1.82, 2.24) is 0 Å². The molecule has 2 aromatic carbocycles. The molecule has 0 N–H and O–H groups in total. The van der Waals surface area contributed by atoms with Crippen LogP contribution in [0.1, 0.15) is 6.92 Å². The highest BCUT2D eigenvalue weighted by molar-refractivity contribution is 7.77. The lowest BCUT2D eigenvalue weighted by Crippen LogP contribution is -2.13. The van der Waals surface area contributed by atoms with Crippen molar-refractivity contribution in [3.05, 3.63) is 96.4 Å². The van der Waals surface area contributed by atoms with Crippen LogP contribution in [0.5, 0.6) is 0 Å². The van der Waals surface area contributed by atoms with Gasteiger partial charge in [0.25, 0.3) is 0 Å². The highest BCUT2D eigenvalue weighted by Gasteiger charge is 2.18. The van der Waals surface area contributed by atoms with Crippen molar-refractivity contribution in [3.63, 3.8) is 0 Å². The first-order valence-corrected chi connectivity index (χ1v) is 8.50. The van der Waals surface area contributed by atoms with Crippen LogP contribution in [0.15, 0.2) is 96.4 Å². The van der Waals surface area contributed by atoms with Crippen molar-refractivity contribution >= 4 is 24.8 Å². The highest BCUT2D eigenvalue weighted by atomic mass is 31.1. The van der Waals surface area contributed by atoms with Gasteiger partial charge in [-0.15, -0.1) is 0 Å². The highest BCUT2D eigenvalue weighted by Crippen LogP contribution is 2.44. The fourth-order valence-corrected chi connectivity index (χ4v) is 4.65. The van der Waals surface area contributed by atoms with Crippen LogP contribution in [0.2, 0.25) is 0 Å². The van der Waals surface area contributed by atoms with Gasteiger partial charge in [-0.25, -0.2) is 0 Å². The summed E-state index contributed by atoms with van der Waals surface area (Å²) < 4.78 is 0. The van der Waals surface area contributed by atoms with Crippen LogP contribution >= 0.6 is 7.92 Å². The largest absolute Gasteiger partial charge is 0.298 e. The van der Waals surface area contributed by atoms with E-state index >= 15 is 0 Å². The lowest BCUT2D eigenvalue weighted by molar-refractivity contribution is -0.104. The van der Waals surface area contributed by atoms with Crippen LogP contribution in [0.4, 0.5) is 0 Å². The Labute approximate surface area is 133 Å². The Morgan fingerprint density at radius 1 is 0.955 bits per heavy atom. The maximum atomic E-state index is 11.5. The van der Waals surface area contributed by atoms with Gasteiger partial charge in [0.15, 0.2) is 6.29 Å². The summed E-state index contributed by atoms with van der Waals surface area (Å²) in [7, 11) is -0.792. The predicted octanol–water partition coefficient (Wildman–Crippen LogP) is 4.33. The van der Waals surface area contributed by atoms with E-state index in [9.17, 15) is 4.79 Å². The standard InChI is InChI=1S/C20H19OP/c1-3-11-17(16-21)20(4-2)22(18-12-7-5-8-13-18)19-14-9-6-10-15-19/h3-16H,2H2,1H3/b11-3-,20-17-. The number of hydrogen-bond donors (Lipinski definition) is 0. The van der Waals surface area contributed by atoms with Gasteiger partial charge in [0.1, 0.15) is 0 Å². The molecule has 0 bridgehead atoms. The first-order valence-electron chi connectivity index (χ1n) is 7.16. The fraction of sp³-hybridized carbons (Fsp3) is 0.0500. The second-order valence-corrected chi connectivity index (χ2v) is 6.85. The van der Waals surface area contributed by atoms with Gasteiger partial charge in [-0.1, -0.05) is 85.5 Å². The van der Waals surface area contributed by atoms with Crippen LogP contribution in [-0.2, 0) is 4.79 Å². The van der Waals surface area contributed by atoms with Gasteiger partial charge in [-0.3, -0.25) is 4.79 Å². The first kappa shape index (κ1) is 16.1. The van der Waals surface area contributed by atoms with Crippen molar-refractivity contribution in [3.8, 4) is 0 Å².